The first kappa shape index (κ1) is 22.0. The molecule has 26 heavy (non-hydrogen) atoms. The fourth-order valence-electron chi connectivity index (χ4n) is 2.79. The maximum absolute atomic E-state index is 12.7. The van der Waals surface area contributed by atoms with Gasteiger partial charge in [-0.15, -0.1) is 0 Å². The fourth-order valence-corrected chi connectivity index (χ4v) is 2.79. The molecule has 0 aliphatic heterocycles. The number of carbonyl (C=O) groups is 2. The molecule has 0 amide bonds. The Hall–Kier alpha value is -2.04. The van der Waals surface area contributed by atoms with Crippen molar-refractivity contribution in [2.75, 3.05) is 13.7 Å². The van der Waals surface area contributed by atoms with Gasteiger partial charge in [0.05, 0.1) is 13.7 Å². The summed E-state index contributed by atoms with van der Waals surface area (Å²) in [4.78, 5) is 25.4. The summed E-state index contributed by atoms with van der Waals surface area (Å²) < 4.78 is 16.0. The molecule has 1 aromatic carbocycles. The zero-order valence-corrected chi connectivity index (χ0v) is 16.5. The van der Waals surface area contributed by atoms with Crippen LogP contribution in [-0.4, -0.2) is 25.7 Å². The second-order valence-corrected chi connectivity index (χ2v) is 6.41. The first-order valence-electron chi connectivity index (χ1n) is 9.57. The molecule has 0 fully saturated rings. The van der Waals surface area contributed by atoms with Crippen LogP contribution in [0, 0.1) is 5.41 Å². The monoisotopic (exact) mass is 364 g/mol. The molecule has 0 unspecified atom stereocenters. The Balaban J connectivity index is 2.70. The van der Waals surface area contributed by atoms with Crippen molar-refractivity contribution in [3.05, 3.63) is 24.3 Å². The van der Waals surface area contributed by atoms with Crippen molar-refractivity contribution in [2.45, 2.75) is 65.7 Å². The van der Waals surface area contributed by atoms with E-state index in [0.29, 0.717) is 30.9 Å². The SMILES string of the molecule is CCCCCCCOC(=O)C(CC)(CC)C(=O)Oc1cccc(OC)c1. The van der Waals surface area contributed by atoms with E-state index in [2.05, 4.69) is 6.92 Å². The van der Waals surface area contributed by atoms with Crippen LogP contribution < -0.4 is 9.47 Å². The van der Waals surface area contributed by atoms with Gasteiger partial charge in [0.15, 0.2) is 5.41 Å². The van der Waals surface area contributed by atoms with Gasteiger partial charge >= 0.3 is 11.9 Å². The van der Waals surface area contributed by atoms with Crippen LogP contribution in [0.3, 0.4) is 0 Å². The van der Waals surface area contributed by atoms with E-state index in [9.17, 15) is 9.59 Å². The second kappa shape index (κ2) is 11.6. The minimum absolute atomic E-state index is 0.334. The molecule has 0 aliphatic rings. The molecule has 5 nitrogen and oxygen atoms in total. The van der Waals surface area contributed by atoms with E-state index >= 15 is 0 Å². The fraction of sp³-hybridized carbons (Fsp3) is 0.619. The van der Waals surface area contributed by atoms with E-state index in [0.717, 1.165) is 19.3 Å². The van der Waals surface area contributed by atoms with Crippen molar-refractivity contribution in [1.29, 1.82) is 0 Å². The lowest BCUT2D eigenvalue weighted by Crippen LogP contribution is -2.42. The maximum atomic E-state index is 12.7. The van der Waals surface area contributed by atoms with Gasteiger partial charge in [0.25, 0.3) is 0 Å². The number of hydrogen-bond acceptors (Lipinski definition) is 5. The molecule has 0 radical (unpaired) electrons. The molecule has 0 aliphatic carbocycles. The lowest BCUT2D eigenvalue weighted by atomic mass is 9.82. The Labute approximate surface area is 157 Å². The van der Waals surface area contributed by atoms with Crippen molar-refractivity contribution in [3.8, 4) is 11.5 Å². The summed E-state index contributed by atoms with van der Waals surface area (Å²) in [5.41, 5.74) is -1.27. The van der Waals surface area contributed by atoms with Crippen LogP contribution in [0.5, 0.6) is 11.5 Å². The Kier molecular flexibility index (Phi) is 9.78. The molecule has 0 saturated carbocycles. The molecule has 0 N–H and O–H groups in total. The average molecular weight is 364 g/mol. The number of benzene rings is 1. The number of hydrogen-bond donors (Lipinski definition) is 0. The third-order valence-electron chi connectivity index (χ3n) is 4.72. The number of ether oxygens (including phenoxy) is 3. The zero-order chi connectivity index (χ0) is 19.4. The molecule has 1 aromatic rings. The minimum Gasteiger partial charge on any atom is -0.497 e. The van der Waals surface area contributed by atoms with Crippen molar-refractivity contribution < 1.29 is 23.8 Å². The largest absolute Gasteiger partial charge is 0.497 e. The quantitative estimate of drug-likeness (QED) is 0.228. The first-order valence-corrected chi connectivity index (χ1v) is 9.57. The van der Waals surface area contributed by atoms with Gasteiger partial charge in [0, 0.05) is 6.07 Å². The van der Waals surface area contributed by atoms with Crippen LogP contribution in [0.1, 0.15) is 65.7 Å². The summed E-state index contributed by atoms with van der Waals surface area (Å²) in [6, 6.07) is 6.77. The first-order chi connectivity index (χ1) is 12.5. The van der Waals surface area contributed by atoms with Crippen LogP contribution in [0.25, 0.3) is 0 Å². The highest BCUT2D eigenvalue weighted by Gasteiger charge is 2.46. The molecule has 0 bridgehead atoms. The van der Waals surface area contributed by atoms with Crippen molar-refractivity contribution in [1.82, 2.24) is 0 Å². The zero-order valence-electron chi connectivity index (χ0n) is 16.5. The number of esters is 2. The topological polar surface area (TPSA) is 61.8 Å². The van der Waals surface area contributed by atoms with Crippen LogP contribution in [0.2, 0.25) is 0 Å². The van der Waals surface area contributed by atoms with Gasteiger partial charge in [-0.1, -0.05) is 52.5 Å². The highest BCUT2D eigenvalue weighted by molar-refractivity contribution is 6.00. The van der Waals surface area contributed by atoms with Gasteiger partial charge in [-0.2, -0.15) is 0 Å². The molecule has 0 saturated heterocycles. The van der Waals surface area contributed by atoms with Gasteiger partial charge in [-0.3, -0.25) is 9.59 Å². The predicted molar refractivity (Wildman–Crippen MR) is 101 cm³/mol. The van der Waals surface area contributed by atoms with Crippen LogP contribution >= 0.6 is 0 Å². The molecule has 146 valence electrons. The summed E-state index contributed by atoms with van der Waals surface area (Å²) in [6.45, 7) is 6.11. The van der Waals surface area contributed by atoms with Gasteiger partial charge in [0.1, 0.15) is 11.5 Å². The van der Waals surface area contributed by atoms with E-state index in [4.69, 9.17) is 14.2 Å². The van der Waals surface area contributed by atoms with Gasteiger partial charge in [-0.05, 0) is 31.4 Å². The lowest BCUT2D eigenvalue weighted by molar-refractivity contribution is -0.168. The lowest BCUT2D eigenvalue weighted by Gasteiger charge is -2.26. The number of carbonyl (C=O) groups excluding carboxylic acids is 2. The Bertz CT molecular complexity index is 563. The van der Waals surface area contributed by atoms with E-state index in [1.807, 2.05) is 0 Å². The normalized spacial score (nSPS) is 11.1. The highest BCUT2D eigenvalue weighted by Crippen LogP contribution is 2.31. The summed E-state index contributed by atoms with van der Waals surface area (Å²) in [7, 11) is 1.54. The maximum Gasteiger partial charge on any atom is 0.328 e. The summed E-state index contributed by atoms with van der Waals surface area (Å²) in [5, 5.41) is 0. The highest BCUT2D eigenvalue weighted by atomic mass is 16.6. The molecule has 0 spiro atoms. The van der Waals surface area contributed by atoms with Gasteiger partial charge < -0.3 is 14.2 Å². The van der Waals surface area contributed by atoms with Crippen molar-refractivity contribution >= 4 is 11.9 Å². The molecular weight excluding hydrogens is 332 g/mol. The van der Waals surface area contributed by atoms with Crippen molar-refractivity contribution in [3.63, 3.8) is 0 Å². The van der Waals surface area contributed by atoms with Crippen LogP contribution in [-0.2, 0) is 14.3 Å². The summed E-state index contributed by atoms with van der Waals surface area (Å²) in [6.07, 6.45) is 6.01. The molecule has 0 atom stereocenters. The molecule has 0 heterocycles. The van der Waals surface area contributed by atoms with E-state index in [1.54, 1.807) is 45.2 Å². The summed E-state index contributed by atoms with van der Waals surface area (Å²) >= 11 is 0. The Morgan fingerprint density at radius 2 is 1.58 bits per heavy atom. The average Bonchev–Trinajstić information content (AvgIpc) is 2.66. The van der Waals surface area contributed by atoms with E-state index in [1.165, 1.54) is 12.8 Å². The van der Waals surface area contributed by atoms with E-state index in [-0.39, 0.29) is 0 Å². The second-order valence-electron chi connectivity index (χ2n) is 6.41. The van der Waals surface area contributed by atoms with Gasteiger partial charge in [0.2, 0.25) is 0 Å². The van der Waals surface area contributed by atoms with Crippen LogP contribution in [0.4, 0.5) is 0 Å². The number of unbranched alkanes of at least 4 members (excludes halogenated alkanes) is 4. The molecule has 0 aromatic heterocycles. The predicted octanol–water partition coefficient (Wildman–Crippen LogP) is 4.92. The molecule has 1 rings (SSSR count). The smallest absolute Gasteiger partial charge is 0.328 e. The molecular formula is C21H32O5. The standard InChI is InChI=1S/C21H32O5/c1-5-8-9-10-11-15-25-19(22)21(6-2,7-3)20(23)26-18-14-12-13-17(16-18)24-4/h12-14,16H,5-11,15H2,1-4H3. The number of rotatable bonds is 12. The Morgan fingerprint density at radius 1 is 0.923 bits per heavy atom. The van der Waals surface area contributed by atoms with Gasteiger partial charge in [-0.25, -0.2) is 0 Å². The van der Waals surface area contributed by atoms with E-state index < -0.39 is 17.4 Å². The Morgan fingerprint density at radius 3 is 2.19 bits per heavy atom. The molecule has 5 heteroatoms. The van der Waals surface area contributed by atoms with Crippen molar-refractivity contribution in [2.24, 2.45) is 5.41 Å². The third kappa shape index (κ3) is 6.04. The minimum atomic E-state index is -1.27. The number of methoxy groups -OCH3 is 1. The van der Waals surface area contributed by atoms with Crippen LogP contribution in [0.15, 0.2) is 24.3 Å². The third-order valence-corrected chi connectivity index (χ3v) is 4.72. The summed E-state index contributed by atoms with van der Waals surface area (Å²) in [5.74, 6) is -0.130.